The van der Waals surface area contributed by atoms with Crippen molar-refractivity contribution in [1.82, 2.24) is 15.5 Å². The molecule has 4 nitrogen and oxygen atoms in total. The highest BCUT2D eigenvalue weighted by molar-refractivity contribution is 5.77. The third kappa shape index (κ3) is 6.39. The molecular formula is C15H31N3O. The van der Waals surface area contributed by atoms with E-state index < -0.39 is 0 Å². The summed E-state index contributed by atoms with van der Waals surface area (Å²) in [5.74, 6) is 1.59. The van der Waals surface area contributed by atoms with E-state index in [2.05, 4.69) is 36.3 Å². The molecule has 0 saturated carbocycles. The SMILES string of the molecule is CNC(C)C1CCN(CC(=O)NCCC(C)C)CC1. The minimum Gasteiger partial charge on any atom is -0.355 e. The molecule has 19 heavy (non-hydrogen) atoms. The van der Waals surface area contributed by atoms with E-state index in [4.69, 9.17) is 0 Å². The van der Waals surface area contributed by atoms with E-state index in [0.717, 1.165) is 32.0 Å². The lowest BCUT2D eigenvalue weighted by molar-refractivity contribution is -0.122. The number of hydrogen-bond acceptors (Lipinski definition) is 3. The van der Waals surface area contributed by atoms with Crippen LogP contribution >= 0.6 is 0 Å². The van der Waals surface area contributed by atoms with Gasteiger partial charge in [0.1, 0.15) is 0 Å². The third-order valence-corrected chi connectivity index (χ3v) is 4.21. The second kappa shape index (κ2) is 8.54. The van der Waals surface area contributed by atoms with Gasteiger partial charge >= 0.3 is 0 Å². The molecule has 1 aliphatic rings. The van der Waals surface area contributed by atoms with Gasteiger partial charge in [-0.25, -0.2) is 0 Å². The molecule has 0 spiro atoms. The molecule has 1 fully saturated rings. The van der Waals surface area contributed by atoms with E-state index in [1.165, 1.54) is 12.8 Å². The summed E-state index contributed by atoms with van der Waals surface area (Å²) in [6.45, 7) is 10.1. The Balaban J connectivity index is 2.16. The molecule has 0 radical (unpaired) electrons. The fourth-order valence-electron chi connectivity index (χ4n) is 2.61. The number of carbonyl (C=O) groups is 1. The van der Waals surface area contributed by atoms with Crippen molar-refractivity contribution < 1.29 is 4.79 Å². The van der Waals surface area contributed by atoms with Crippen molar-refractivity contribution in [2.24, 2.45) is 11.8 Å². The first-order valence-electron chi connectivity index (χ1n) is 7.69. The van der Waals surface area contributed by atoms with Crippen LogP contribution in [0, 0.1) is 11.8 Å². The number of nitrogens with one attached hydrogen (secondary N) is 2. The number of piperidine rings is 1. The first-order chi connectivity index (χ1) is 9.02. The second-order valence-electron chi connectivity index (χ2n) is 6.22. The maximum atomic E-state index is 11.8. The number of nitrogens with zero attached hydrogens (tertiary/aromatic N) is 1. The van der Waals surface area contributed by atoms with Gasteiger partial charge in [-0.05, 0) is 58.2 Å². The Bertz CT molecular complexity index is 260. The minimum absolute atomic E-state index is 0.181. The van der Waals surface area contributed by atoms with E-state index in [9.17, 15) is 4.79 Å². The van der Waals surface area contributed by atoms with Crippen molar-refractivity contribution in [1.29, 1.82) is 0 Å². The monoisotopic (exact) mass is 269 g/mol. The fraction of sp³-hybridized carbons (Fsp3) is 0.933. The number of carbonyl (C=O) groups excluding carboxylic acids is 1. The van der Waals surface area contributed by atoms with Crippen LogP contribution in [0.2, 0.25) is 0 Å². The quantitative estimate of drug-likeness (QED) is 0.735. The molecule has 1 amide bonds. The van der Waals surface area contributed by atoms with Crippen molar-refractivity contribution in [3.63, 3.8) is 0 Å². The lowest BCUT2D eigenvalue weighted by Gasteiger charge is -2.34. The van der Waals surface area contributed by atoms with Crippen molar-refractivity contribution in [3.8, 4) is 0 Å². The summed E-state index contributed by atoms with van der Waals surface area (Å²) in [6, 6.07) is 0.585. The number of hydrogen-bond donors (Lipinski definition) is 2. The molecule has 2 N–H and O–H groups in total. The normalized spacial score (nSPS) is 19.6. The van der Waals surface area contributed by atoms with Crippen molar-refractivity contribution in [2.75, 3.05) is 33.2 Å². The van der Waals surface area contributed by atoms with E-state index in [1.807, 2.05) is 7.05 Å². The summed E-state index contributed by atoms with van der Waals surface area (Å²) in [5.41, 5.74) is 0. The molecule has 1 atom stereocenters. The first-order valence-corrected chi connectivity index (χ1v) is 7.69. The van der Waals surface area contributed by atoms with E-state index >= 15 is 0 Å². The molecule has 112 valence electrons. The first kappa shape index (κ1) is 16.4. The minimum atomic E-state index is 0.181. The Morgan fingerprint density at radius 2 is 1.89 bits per heavy atom. The van der Waals surface area contributed by atoms with Gasteiger partial charge in [-0.15, -0.1) is 0 Å². The lowest BCUT2D eigenvalue weighted by atomic mass is 9.90. The molecule has 0 aromatic heterocycles. The van der Waals surface area contributed by atoms with Gasteiger partial charge in [-0.2, -0.15) is 0 Å². The predicted molar refractivity (Wildman–Crippen MR) is 80.2 cm³/mol. The highest BCUT2D eigenvalue weighted by atomic mass is 16.2. The lowest BCUT2D eigenvalue weighted by Crippen LogP contribution is -2.44. The van der Waals surface area contributed by atoms with Crippen molar-refractivity contribution >= 4 is 5.91 Å². The molecule has 4 heteroatoms. The summed E-state index contributed by atoms with van der Waals surface area (Å²) in [4.78, 5) is 14.1. The Hall–Kier alpha value is -0.610. The van der Waals surface area contributed by atoms with Gasteiger partial charge in [0.15, 0.2) is 0 Å². The van der Waals surface area contributed by atoms with E-state index in [-0.39, 0.29) is 5.91 Å². The second-order valence-corrected chi connectivity index (χ2v) is 6.22. The summed E-state index contributed by atoms with van der Waals surface area (Å²) in [7, 11) is 2.03. The standard InChI is InChI=1S/C15H31N3O/c1-12(2)5-8-17-15(19)11-18-9-6-14(7-10-18)13(3)16-4/h12-14,16H,5-11H2,1-4H3,(H,17,19). The van der Waals surface area contributed by atoms with Crippen LogP contribution in [-0.4, -0.2) is 50.1 Å². The van der Waals surface area contributed by atoms with Crippen LogP contribution in [0.1, 0.15) is 40.0 Å². The summed E-state index contributed by atoms with van der Waals surface area (Å²) >= 11 is 0. The van der Waals surface area contributed by atoms with Crippen LogP contribution in [-0.2, 0) is 4.79 Å². The fourth-order valence-corrected chi connectivity index (χ4v) is 2.61. The zero-order valence-electron chi connectivity index (χ0n) is 13.0. The van der Waals surface area contributed by atoms with Crippen LogP contribution in [0.5, 0.6) is 0 Å². The molecule has 1 unspecified atom stereocenters. The number of rotatable bonds is 7. The van der Waals surface area contributed by atoms with Crippen LogP contribution in [0.3, 0.4) is 0 Å². The summed E-state index contributed by atoms with van der Waals surface area (Å²) < 4.78 is 0. The van der Waals surface area contributed by atoms with Gasteiger partial charge in [-0.3, -0.25) is 9.69 Å². The molecule has 0 aromatic rings. The topological polar surface area (TPSA) is 44.4 Å². The van der Waals surface area contributed by atoms with Gasteiger partial charge in [-0.1, -0.05) is 13.8 Å². The van der Waals surface area contributed by atoms with Crippen LogP contribution in [0.4, 0.5) is 0 Å². The van der Waals surface area contributed by atoms with Crippen LogP contribution in [0.25, 0.3) is 0 Å². The van der Waals surface area contributed by atoms with E-state index in [1.54, 1.807) is 0 Å². The number of amides is 1. The average Bonchev–Trinajstić information content (AvgIpc) is 2.38. The largest absolute Gasteiger partial charge is 0.355 e. The van der Waals surface area contributed by atoms with Gasteiger partial charge in [0.05, 0.1) is 6.54 Å². The Morgan fingerprint density at radius 1 is 1.26 bits per heavy atom. The van der Waals surface area contributed by atoms with Gasteiger partial charge in [0.25, 0.3) is 0 Å². The maximum absolute atomic E-state index is 11.8. The number of likely N-dealkylation sites (tertiary alicyclic amines) is 1. The Morgan fingerprint density at radius 3 is 2.42 bits per heavy atom. The Labute approximate surface area is 118 Å². The third-order valence-electron chi connectivity index (χ3n) is 4.21. The van der Waals surface area contributed by atoms with Crippen molar-refractivity contribution in [3.05, 3.63) is 0 Å². The zero-order chi connectivity index (χ0) is 14.3. The van der Waals surface area contributed by atoms with Gasteiger partial charge in [0.2, 0.25) is 5.91 Å². The van der Waals surface area contributed by atoms with Gasteiger partial charge < -0.3 is 10.6 Å². The van der Waals surface area contributed by atoms with Crippen LogP contribution in [0.15, 0.2) is 0 Å². The predicted octanol–water partition coefficient (Wildman–Crippen LogP) is 1.47. The molecular weight excluding hydrogens is 238 g/mol. The highest BCUT2D eigenvalue weighted by Gasteiger charge is 2.23. The van der Waals surface area contributed by atoms with Crippen LogP contribution < -0.4 is 10.6 Å². The molecule has 0 aromatic carbocycles. The maximum Gasteiger partial charge on any atom is 0.234 e. The molecule has 1 aliphatic heterocycles. The highest BCUT2D eigenvalue weighted by Crippen LogP contribution is 2.20. The Kier molecular flexibility index (Phi) is 7.39. The molecule has 0 bridgehead atoms. The molecule has 0 aliphatic carbocycles. The smallest absolute Gasteiger partial charge is 0.234 e. The summed E-state index contributed by atoms with van der Waals surface area (Å²) in [5, 5.41) is 6.34. The summed E-state index contributed by atoms with van der Waals surface area (Å²) in [6.07, 6.45) is 3.45. The molecule has 1 saturated heterocycles. The van der Waals surface area contributed by atoms with Crippen molar-refractivity contribution in [2.45, 2.75) is 46.1 Å². The van der Waals surface area contributed by atoms with Gasteiger partial charge in [0, 0.05) is 12.6 Å². The average molecular weight is 269 g/mol. The molecule has 1 heterocycles. The molecule has 1 rings (SSSR count). The van der Waals surface area contributed by atoms with E-state index in [0.29, 0.717) is 18.5 Å². The zero-order valence-corrected chi connectivity index (χ0v) is 13.0.